The Hall–Kier alpha value is -4.74. The second-order valence-corrected chi connectivity index (χ2v) is 12.5. The highest BCUT2D eigenvalue weighted by Gasteiger charge is 2.35. The maximum absolute atomic E-state index is 14.4. The van der Waals surface area contributed by atoms with E-state index in [2.05, 4.69) is 15.9 Å². The maximum Gasteiger partial charge on any atom is 0.338 e. The number of halogens is 2. The van der Waals surface area contributed by atoms with Gasteiger partial charge in [0, 0.05) is 15.6 Å². The number of allylic oxidation sites excluding steroid dienone is 1. The van der Waals surface area contributed by atoms with E-state index in [0.717, 1.165) is 10.8 Å². The van der Waals surface area contributed by atoms with Gasteiger partial charge in [-0.05, 0) is 60.5 Å². The molecular formula is C36H30BrFN2O6S. The van der Waals surface area contributed by atoms with Crippen LogP contribution in [-0.2, 0) is 16.1 Å². The van der Waals surface area contributed by atoms with Gasteiger partial charge < -0.3 is 18.9 Å². The van der Waals surface area contributed by atoms with E-state index in [1.165, 1.54) is 36.2 Å². The lowest BCUT2D eigenvalue weighted by Gasteiger charge is -2.26. The summed E-state index contributed by atoms with van der Waals surface area (Å²) in [6.07, 6.45) is 1.77. The molecule has 1 atom stereocenters. The first-order valence-corrected chi connectivity index (χ1v) is 16.4. The van der Waals surface area contributed by atoms with E-state index < -0.39 is 12.0 Å². The van der Waals surface area contributed by atoms with E-state index in [-0.39, 0.29) is 30.2 Å². The Morgan fingerprint density at radius 1 is 1.02 bits per heavy atom. The molecule has 47 heavy (non-hydrogen) atoms. The molecular weight excluding hydrogens is 687 g/mol. The minimum atomic E-state index is -0.883. The summed E-state index contributed by atoms with van der Waals surface area (Å²) in [5, 5.41) is 1.80. The Morgan fingerprint density at radius 3 is 2.49 bits per heavy atom. The second-order valence-electron chi connectivity index (χ2n) is 10.6. The van der Waals surface area contributed by atoms with Crippen LogP contribution in [0.2, 0.25) is 0 Å². The standard InChI is InChI=1S/C36H30BrFN2O6S/c1-5-45-35(42)32-20(2)39-36-40(33(32)25-16-29(43-3)30(44-4)18-26(25)37)34(41)31(47-36)17-24-23-12-8-6-10-21(23)14-15-28(24)46-19-22-11-7-9-13-27(22)38/h6-18,33H,5,19H2,1-4H3/b31-17-/t33-/m1/s1. The van der Waals surface area contributed by atoms with Crippen molar-refractivity contribution in [2.45, 2.75) is 26.5 Å². The van der Waals surface area contributed by atoms with Crippen LogP contribution in [0.1, 0.15) is 36.6 Å². The predicted molar refractivity (Wildman–Crippen MR) is 182 cm³/mol. The molecule has 8 nitrogen and oxygen atoms in total. The number of fused-ring (bicyclic) bond motifs is 2. The monoisotopic (exact) mass is 716 g/mol. The molecule has 0 aliphatic carbocycles. The third-order valence-electron chi connectivity index (χ3n) is 7.86. The number of hydrogen-bond donors (Lipinski definition) is 0. The number of hydrogen-bond acceptors (Lipinski definition) is 8. The fourth-order valence-corrected chi connectivity index (χ4v) is 7.19. The molecule has 0 radical (unpaired) electrons. The van der Waals surface area contributed by atoms with Crippen molar-refractivity contribution in [1.82, 2.24) is 4.57 Å². The molecule has 1 aliphatic heterocycles. The average molecular weight is 718 g/mol. The lowest BCUT2D eigenvalue weighted by molar-refractivity contribution is -0.139. The number of methoxy groups -OCH3 is 2. The highest BCUT2D eigenvalue weighted by molar-refractivity contribution is 9.10. The normalized spacial score (nSPS) is 14.5. The molecule has 0 saturated carbocycles. The molecule has 5 aromatic rings. The predicted octanol–water partition coefficient (Wildman–Crippen LogP) is 6.45. The molecule has 240 valence electrons. The van der Waals surface area contributed by atoms with Gasteiger partial charge in [0.25, 0.3) is 5.56 Å². The van der Waals surface area contributed by atoms with Gasteiger partial charge in [-0.3, -0.25) is 9.36 Å². The van der Waals surface area contributed by atoms with Crippen LogP contribution in [0.15, 0.2) is 98.3 Å². The molecule has 11 heteroatoms. The summed E-state index contributed by atoms with van der Waals surface area (Å²) in [5.74, 6) is 0.455. The van der Waals surface area contributed by atoms with Crippen molar-refractivity contribution in [2.75, 3.05) is 20.8 Å². The third-order valence-corrected chi connectivity index (χ3v) is 9.53. The summed E-state index contributed by atoms with van der Waals surface area (Å²) in [6.45, 7) is 3.60. The molecule has 0 fully saturated rings. The zero-order chi connectivity index (χ0) is 33.2. The van der Waals surface area contributed by atoms with Crippen LogP contribution < -0.4 is 29.1 Å². The van der Waals surface area contributed by atoms with Gasteiger partial charge in [0.1, 0.15) is 18.2 Å². The van der Waals surface area contributed by atoms with Gasteiger partial charge in [-0.1, -0.05) is 75.8 Å². The van der Waals surface area contributed by atoms with Crippen molar-refractivity contribution >= 4 is 50.1 Å². The van der Waals surface area contributed by atoms with Gasteiger partial charge >= 0.3 is 5.97 Å². The van der Waals surface area contributed by atoms with Gasteiger partial charge in [0.05, 0.1) is 42.7 Å². The van der Waals surface area contributed by atoms with Gasteiger partial charge in [-0.25, -0.2) is 14.2 Å². The molecule has 2 heterocycles. The minimum Gasteiger partial charge on any atom is -0.493 e. The molecule has 0 saturated heterocycles. The SMILES string of the molecule is CCOC(=O)C1=C(C)N=c2s/c(=C\c3c(OCc4ccccc4F)ccc4ccccc34)c(=O)n2[C@@H]1c1cc(OC)c(OC)cc1Br. The van der Waals surface area contributed by atoms with Crippen LogP contribution >= 0.6 is 27.3 Å². The topological polar surface area (TPSA) is 88.4 Å². The quantitative estimate of drug-likeness (QED) is 0.163. The Morgan fingerprint density at radius 2 is 1.74 bits per heavy atom. The van der Waals surface area contributed by atoms with E-state index in [1.54, 1.807) is 50.3 Å². The molecule has 1 aromatic heterocycles. The number of carbonyl (C=O) groups excluding carboxylic acids is 1. The summed E-state index contributed by atoms with van der Waals surface area (Å²) >= 11 is 4.83. The third kappa shape index (κ3) is 6.08. The number of rotatable bonds is 9. The first kappa shape index (κ1) is 32.2. The van der Waals surface area contributed by atoms with Crippen molar-refractivity contribution in [1.29, 1.82) is 0 Å². The van der Waals surface area contributed by atoms with Crippen LogP contribution in [0.3, 0.4) is 0 Å². The largest absolute Gasteiger partial charge is 0.493 e. The van der Waals surface area contributed by atoms with Gasteiger partial charge in [-0.15, -0.1) is 0 Å². The second kappa shape index (κ2) is 13.5. The van der Waals surface area contributed by atoms with Crippen molar-refractivity contribution in [2.24, 2.45) is 4.99 Å². The van der Waals surface area contributed by atoms with Crippen LogP contribution in [0, 0.1) is 5.82 Å². The van der Waals surface area contributed by atoms with Crippen molar-refractivity contribution in [3.05, 3.63) is 131 Å². The van der Waals surface area contributed by atoms with E-state index in [0.29, 0.717) is 53.4 Å². The zero-order valence-electron chi connectivity index (χ0n) is 26.0. The lowest BCUT2D eigenvalue weighted by atomic mass is 9.95. The minimum absolute atomic E-state index is 0.00251. The summed E-state index contributed by atoms with van der Waals surface area (Å²) in [4.78, 5) is 33.0. The van der Waals surface area contributed by atoms with E-state index >= 15 is 0 Å². The van der Waals surface area contributed by atoms with Gasteiger partial charge in [0.15, 0.2) is 16.3 Å². The number of aromatic nitrogens is 1. The van der Waals surface area contributed by atoms with Crippen LogP contribution in [0.5, 0.6) is 17.2 Å². The Labute approximate surface area is 282 Å². The molecule has 4 aromatic carbocycles. The van der Waals surface area contributed by atoms with Crippen molar-refractivity contribution in [3.63, 3.8) is 0 Å². The zero-order valence-corrected chi connectivity index (χ0v) is 28.4. The maximum atomic E-state index is 14.4. The molecule has 6 rings (SSSR count). The lowest BCUT2D eigenvalue weighted by Crippen LogP contribution is -2.40. The average Bonchev–Trinajstić information content (AvgIpc) is 3.38. The smallest absolute Gasteiger partial charge is 0.338 e. The molecule has 1 aliphatic rings. The van der Waals surface area contributed by atoms with E-state index in [9.17, 15) is 14.0 Å². The number of carbonyl (C=O) groups is 1. The number of benzene rings is 4. The molecule has 0 bridgehead atoms. The summed E-state index contributed by atoms with van der Waals surface area (Å²) < 4.78 is 39.6. The van der Waals surface area contributed by atoms with Crippen molar-refractivity contribution in [3.8, 4) is 17.2 Å². The van der Waals surface area contributed by atoms with Crippen LogP contribution in [0.4, 0.5) is 4.39 Å². The van der Waals surface area contributed by atoms with Crippen LogP contribution in [0.25, 0.3) is 16.8 Å². The Balaban J connectivity index is 1.57. The Kier molecular flexibility index (Phi) is 9.28. The summed E-state index contributed by atoms with van der Waals surface area (Å²) in [5.41, 5.74) is 1.97. The summed E-state index contributed by atoms with van der Waals surface area (Å²) in [6, 6.07) is 20.5. The number of esters is 1. The molecule has 0 unspecified atom stereocenters. The highest BCUT2D eigenvalue weighted by atomic mass is 79.9. The Bertz CT molecular complexity index is 2240. The summed E-state index contributed by atoms with van der Waals surface area (Å²) in [7, 11) is 3.05. The van der Waals surface area contributed by atoms with E-state index in [4.69, 9.17) is 23.9 Å². The molecule has 0 amide bonds. The van der Waals surface area contributed by atoms with E-state index in [1.807, 2.05) is 36.4 Å². The van der Waals surface area contributed by atoms with Crippen LogP contribution in [-0.4, -0.2) is 31.4 Å². The van der Waals surface area contributed by atoms with Gasteiger partial charge in [0.2, 0.25) is 0 Å². The van der Waals surface area contributed by atoms with Crippen molar-refractivity contribution < 1.29 is 28.1 Å². The fraction of sp³-hybridized carbons (Fsp3) is 0.194. The highest BCUT2D eigenvalue weighted by Crippen LogP contribution is 2.41. The number of nitrogens with zero attached hydrogens (tertiary/aromatic N) is 2. The molecule has 0 spiro atoms. The number of thiazole rings is 1. The van der Waals surface area contributed by atoms with Gasteiger partial charge in [-0.2, -0.15) is 0 Å². The number of ether oxygens (including phenoxy) is 4. The molecule has 0 N–H and O–H groups in total. The fourth-order valence-electron chi connectivity index (χ4n) is 5.62. The first-order chi connectivity index (χ1) is 22.7. The first-order valence-electron chi connectivity index (χ1n) is 14.7.